The van der Waals surface area contributed by atoms with E-state index in [1.165, 1.54) is 38.5 Å². The van der Waals surface area contributed by atoms with Gasteiger partial charge in [-0.05, 0) is 32.9 Å². The number of rotatable bonds is 5. The quantitative estimate of drug-likeness (QED) is 0.327. The van der Waals surface area contributed by atoms with Crippen molar-refractivity contribution >= 4 is 17.7 Å². The van der Waals surface area contributed by atoms with E-state index in [2.05, 4.69) is 6.58 Å². The first kappa shape index (κ1) is 21.4. The lowest BCUT2D eigenvalue weighted by Gasteiger charge is -2.31. The van der Waals surface area contributed by atoms with Crippen LogP contribution in [0.3, 0.4) is 0 Å². The molecular formula is C19H24N2O7. The van der Waals surface area contributed by atoms with Gasteiger partial charge >= 0.3 is 12.1 Å². The van der Waals surface area contributed by atoms with E-state index in [0.29, 0.717) is 0 Å². The Hall–Kier alpha value is -2.94. The SMILES string of the molecule is C=CC[C@@]1([N+](=O)[O-])c2cccc(C(=O)OC)c2N(C(=O)OC(C)(C)C)[C@@H]1OC. The summed E-state index contributed by atoms with van der Waals surface area (Å²) >= 11 is 0. The van der Waals surface area contributed by atoms with E-state index in [9.17, 15) is 19.7 Å². The van der Waals surface area contributed by atoms with Crippen molar-refractivity contribution in [3.05, 3.63) is 52.1 Å². The molecule has 2 rings (SSSR count). The molecule has 1 aliphatic heterocycles. The molecule has 0 spiro atoms. The number of ether oxygens (including phenoxy) is 3. The fraction of sp³-hybridized carbons (Fsp3) is 0.474. The van der Waals surface area contributed by atoms with E-state index in [4.69, 9.17) is 14.2 Å². The van der Waals surface area contributed by atoms with E-state index < -0.39 is 34.4 Å². The zero-order valence-corrected chi connectivity index (χ0v) is 16.6. The number of hydrogen-bond donors (Lipinski definition) is 0. The Kier molecular flexibility index (Phi) is 5.79. The molecule has 28 heavy (non-hydrogen) atoms. The topological polar surface area (TPSA) is 108 Å². The molecule has 1 aromatic carbocycles. The minimum absolute atomic E-state index is 0.000645. The van der Waals surface area contributed by atoms with E-state index >= 15 is 0 Å². The van der Waals surface area contributed by atoms with Crippen molar-refractivity contribution in [2.24, 2.45) is 0 Å². The first-order valence-electron chi connectivity index (χ1n) is 8.57. The molecule has 0 N–H and O–H groups in total. The molecule has 1 heterocycles. The van der Waals surface area contributed by atoms with E-state index in [1.54, 1.807) is 20.8 Å². The Morgan fingerprint density at radius 1 is 1.36 bits per heavy atom. The van der Waals surface area contributed by atoms with Crippen LogP contribution in [0, 0.1) is 10.1 Å². The molecule has 0 aromatic heterocycles. The summed E-state index contributed by atoms with van der Waals surface area (Å²) in [5, 5.41) is 12.2. The predicted octanol–water partition coefficient (Wildman–Crippen LogP) is 3.25. The molecule has 0 saturated heterocycles. The summed E-state index contributed by atoms with van der Waals surface area (Å²) in [4.78, 5) is 38.0. The number of hydrogen-bond acceptors (Lipinski definition) is 7. The molecular weight excluding hydrogens is 368 g/mol. The van der Waals surface area contributed by atoms with Gasteiger partial charge in [0.25, 0.3) is 5.54 Å². The number of amides is 1. The molecule has 0 aliphatic carbocycles. The number of nitro groups is 1. The third kappa shape index (κ3) is 3.33. The fourth-order valence-corrected chi connectivity index (χ4v) is 3.38. The van der Waals surface area contributed by atoms with Gasteiger partial charge in [0.2, 0.25) is 6.23 Å². The van der Waals surface area contributed by atoms with Gasteiger partial charge in [-0.2, -0.15) is 0 Å². The Morgan fingerprint density at radius 2 is 2.00 bits per heavy atom. The molecule has 0 bridgehead atoms. The highest BCUT2D eigenvalue weighted by Gasteiger charge is 2.64. The summed E-state index contributed by atoms with van der Waals surface area (Å²) < 4.78 is 15.7. The van der Waals surface area contributed by atoms with Gasteiger partial charge in [-0.25, -0.2) is 14.5 Å². The van der Waals surface area contributed by atoms with Crippen LogP contribution in [0.5, 0.6) is 0 Å². The maximum atomic E-state index is 13.0. The van der Waals surface area contributed by atoms with Crippen molar-refractivity contribution in [3.8, 4) is 0 Å². The van der Waals surface area contributed by atoms with Crippen molar-refractivity contribution < 1.29 is 28.7 Å². The lowest BCUT2D eigenvalue weighted by atomic mass is 9.87. The highest BCUT2D eigenvalue weighted by molar-refractivity contribution is 6.03. The van der Waals surface area contributed by atoms with Crippen LogP contribution in [0.1, 0.15) is 43.1 Å². The Morgan fingerprint density at radius 3 is 2.46 bits per heavy atom. The maximum absolute atomic E-state index is 13.0. The summed E-state index contributed by atoms with van der Waals surface area (Å²) in [6.45, 7) is 8.61. The second-order valence-electron chi connectivity index (χ2n) is 7.31. The van der Waals surface area contributed by atoms with Crippen LogP contribution >= 0.6 is 0 Å². The number of nitrogens with zero attached hydrogens (tertiary/aromatic N) is 2. The molecule has 152 valence electrons. The van der Waals surface area contributed by atoms with Crippen LogP contribution in [0.2, 0.25) is 0 Å². The van der Waals surface area contributed by atoms with Crippen LogP contribution in [0.25, 0.3) is 0 Å². The van der Waals surface area contributed by atoms with Gasteiger partial charge in [0.05, 0.1) is 23.9 Å². The van der Waals surface area contributed by atoms with Gasteiger partial charge in [-0.15, -0.1) is 6.58 Å². The van der Waals surface area contributed by atoms with Crippen LogP contribution < -0.4 is 4.90 Å². The number of esters is 1. The van der Waals surface area contributed by atoms with Gasteiger partial charge in [0.15, 0.2) is 0 Å². The summed E-state index contributed by atoms with van der Waals surface area (Å²) in [5.74, 6) is -0.738. The Bertz CT molecular complexity index is 815. The smallest absolute Gasteiger partial charge is 0.417 e. The highest BCUT2D eigenvalue weighted by Crippen LogP contribution is 2.50. The van der Waals surface area contributed by atoms with Gasteiger partial charge in [0.1, 0.15) is 5.60 Å². The molecule has 2 atom stereocenters. The maximum Gasteiger partial charge on any atom is 0.417 e. The summed E-state index contributed by atoms with van der Waals surface area (Å²) in [6, 6.07) is 4.42. The zero-order valence-electron chi connectivity index (χ0n) is 16.6. The molecule has 1 amide bonds. The zero-order chi connectivity index (χ0) is 21.3. The van der Waals surface area contributed by atoms with Crippen molar-refractivity contribution in [2.75, 3.05) is 19.1 Å². The lowest BCUT2D eigenvalue weighted by Crippen LogP contribution is -2.53. The number of methoxy groups -OCH3 is 2. The number of para-hydroxylation sites is 1. The van der Waals surface area contributed by atoms with Gasteiger partial charge in [0, 0.05) is 18.5 Å². The van der Waals surface area contributed by atoms with Crippen LogP contribution in [0.4, 0.5) is 10.5 Å². The van der Waals surface area contributed by atoms with Crippen molar-refractivity contribution in [1.82, 2.24) is 0 Å². The monoisotopic (exact) mass is 392 g/mol. The molecule has 9 heteroatoms. The van der Waals surface area contributed by atoms with E-state index in [0.717, 1.165) is 4.90 Å². The third-order valence-corrected chi connectivity index (χ3v) is 4.39. The number of fused-ring (bicyclic) bond motifs is 1. The van der Waals surface area contributed by atoms with Crippen molar-refractivity contribution in [2.45, 2.75) is 44.6 Å². The molecule has 0 saturated carbocycles. The fourth-order valence-electron chi connectivity index (χ4n) is 3.38. The van der Waals surface area contributed by atoms with E-state index in [1.807, 2.05) is 0 Å². The Labute approximate surface area is 163 Å². The normalized spacial score (nSPS) is 21.0. The number of benzene rings is 1. The molecule has 1 aromatic rings. The van der Waals surface area contributed by atoms with Crippen LogP contribution in [-0.2, 0) is 19.7 Å². The third-order valence-electron chi connectivity index (χ3n) is 4.39. The summed E-state index contributed by atoms with van der Waals surface area (Å²) in [5.41, 5.74) is -2.53. The number of carbonyl (C=O) groups excluding carboxylic acids is 2. The van der Waals surface area contributed by atoms with Crippen molar-refractivity contribution in [3.63, 3.8) is 0 Å². The molecule has 0 fully saturated rings. The largest absolute Gasteiger partial charge is 0.465 e. The summed E-state index contributed by atoms with van der Waals surface area (Å²) in [7, 11) is 2.44. The van der Waals surface area contributed by atoms with Crippen LogP contribution in [-0.4, -0.2) is 43.0 Å². The minimum atomic E-state index is -1.85. The first-order chi connectivity index (χ1) is 13.0. The van der Waals surface area contributed by atoms with Crippen molar-refractivity contribution in [1.29, 1.82) is 0 Å². The second-order valence-corrected chi connectivity index (χ2v) is 7.31. The highest BCUT2D eigenvalue weighted by atomic mass is 16.6. The average molecular weight is 392 g/mol. The number of anilines is 1. The van der Waals surface area contributed by atoms with Gasteiger partial charge < -0.3 is 14.2 Å². The Balaban J connectivity index is 2.84. The van der Waals surface area contributed by atoms with Gasteiger partial charge in [-0.3, -0.25) is 10.1 Å². The molecule has 1 aliphatic rings. The molecule has 0 unspecified atom stereocenters. The number of carbonyl (C=O) groups is 2. The predicted molar refractivity (Wildman–Crippen MR) is 101 cm³/mol. The molecule has 0 radical (unpaired) electrons. The minimum Gasteiger partial charge on any atom is -0.465 e. The average Bonchev–Trinajstić information content (AvgIpc) is 2.90. The first-order valence-corrected chi connectivity index (χ1v) is 8.57. The summed E-state index contributed by atoms with van der Waals surface area (Å²) in [6.07, 6.45) is -0.974. The second kappa shape index (κ2) is 7.59. The standard InChI is InChI=1S/C19H24N2O7/c1-7-11-19(21(24)25)13-10-8-9-12(15(22)26-5)14(13)20(16(19)27-6)17(23)28-18(2,3)4/h7-10,16H,1,11H2,2-6H3/t16-,19-/m1/s1. The molecule has 9 nitrogen and oxygen atoms in total. The lowest BCUT2D eigenvalue weighted by molar-refractivity contribution is -0.590. The van der Waals surface area contributed by atoms with E-state index in [-0.39, 0.29) is 23.2 Å². The van der Waals surface area contributed by atoms with Crippen LogP contribution in [0.15, 0.2) is 30.9 Å². The van der Waals surface area contributed by atoms with Gasteiger partial charge in [-0.1, -0.05) is 12.1 Å².